The Morgan fingerprint density at radius 2 is 1.85 bits per heavy atom. The average molecular weight is 191 g/mol. The second-order valence-corrected chi connectivity index (χ2v) is 3.07. The van der Waals surface area contributed by atoms with Crippen LogP contribution in [0.15, 0.2) is 23.2 Å². The minimum absolute atomic E-state index is 0.332. The van der Waals surface area contributed by atoms with Gasteiger partial charge in [0, 0.05) is 5.56 Å². The third-order valence-electron chi connectivity index (χ3n) is 1.62. The molecule has 66 valence electrons. The third-order valence-corrected chi connectivity index (χ3v) is 1.71. The summed E-state index contributed by atoms with van der Waals surface area (Å²) in [6.45, 7) is 3.87. The lowest BCUT2D eigenvalue weighted by Gasteiger charge is -1.99. The Kier molecular flexibility index (Phi) is 3.07. The molecule has 0 atom stereocenters. The Labute approximate surface area is 82.3 Å². The van der Waals surface area contributed by atoms with Crippen LogP contribution in [-0.2, 0) is 0 Å². The molecular weight excluding hydrogens is 182 g/mol. The maximum atomic E-state index is 11.3. The van der Waals surface area contributed by atoms with Crippen LogP contribution in [0.4, 0.5) is 0 Å². The lowest BCUT2D eigenvalue weighted by Crippen LogP contribution is -1.95. The number of hydrogen-bond acceptors (Lipinski definition) is 2. The fraction of sp³-hybridized carbons (Fsp3) is 0.200. The maximum absolute atomic E-state index is 11.3. The van der Waals surface area contributed by atoms with Crippen LogP contribution in [0.1, 0.15) is 21.5 Å². The van der Waals surface area contributed by atoms with E-state index in [1.54, 1.807) is 12.1 Å². The van der Waals surface area contributed by atoms with E-state index in [4.69, 9.17) is 0 Å². The number of carbonyl (C=O) groups is 1. The molecule has 0 N–H and O–H groups in total. The second kappa shape index (κ2) is 4.08. The molecule has 0 fully saturated rings. The van der Waals surface area contributed by atoms with Gasteiger partial charge in [-0.2, -0.15) is 4.99 Å². The highest BCUT2D eigenvalue weighted by Crippen LogP contribution is 2.09. The molecule has 3 heteroatoms. The van der Waals surface area contributed by atoms with Gasteiger partial charge >= 0.3 is 0 Å². The minimum atomic E-state index is -0.332. The molecule has 0 aromatic heterocycles. The van der Waals surface area contributed by atoms with Crippen molar-refractivity contribution in [1.29, 1.82) is 0 Å². The zero-order valence-electron chi connectivity index (χ0n) is 7.50. The van der Waals surface area contributed by atoms with Crippen molar-refractivity contribution < 1.29 is 4.79 Å². The Balaban J connectivity index is 3.15. The minimum Gasteiger partial charge on any atom is -0.266 e. The van der Waals surface area contributed by atoms with E-state index < -0.39 is 0 Å². The fourth-order valence-corrected chi connectivity index (χ4v) is 1.29. The van der Waals surface area contributed by atoms with Crippen LogP contribution in [0.25, 0.3) is 0 Å². The summed E-state index contributed by atoms with van der Waals surface area (Å²) >= 11 is 4.36. The topological polar surface area (TPSA) is 29.4 Å². The monoisotopic (exact) mass is 191 g/mol. The lowest BCUT2D eigenvalue weighted by molar-refractivity contribution is 0.100. The van der Waals surface area contributed by atoms with Gasteiger partial charge in [0.2, 0.25) is 0 Å². The zero-order chi connectivity index (χ0) is 9.84. The number of benzene rings is 1. The summed E-state index contributed by atoms with van der Waals surface area (Å²) in [5.41, 5.74) is 2.65. The quantitative estimate of drug-likeness (QED) is 0.504. The molecule has 0 unspecified atom stereocenters. The van der Waals surface area contributed by atoms with Crippen molar-refractivity contribution in [2.24, 2.45) is 4.99 Å². The van der Waals surface area contributed by atoms with Crippen LogP contribution in [-0.4, -0.2) is 11.1 Å². The molecule has 1 aromatic rings. The van der Waals surface area contributed by atoms with Gasteiger partial charge in [-0.05, 0) is 38.2 Å². The van der Waals surface area contributed by atoms with E-state index in [1.165, 1.54) is 0 Å². The van der Waals surface area contributed by atoms with Gasteiger partial charge in [-0.1, -0.05) is 17.2 Å². The Morgan fingerprint density at radius 1 is 1.31 bits per heavy atom. The highest BCUT2D eigenvalue weighted by molar-refractivity contribution is 7.78. The van der Waals surface area contributed by atoms with Crippen molar-refractivity contribution >= 4 is 23.3 Å². The van der Waals surface area contributed by atoms with Crippen LogP contribution in [0.5, 0.6) is 0 Å². The first-order valence-electron chi connectivity index (χ1n) is 3.84. The van der Waals surface area contributed by atoms with E-state index in [-0.39, 0.29) is 5.91 Å². The van der Waals surface area contributed by atoms with Crippen molar-refractivity contribution in [3.63, 3.8) is 0 Å². The number of hydrogen-bond donors (Lipinski definition) is 0. The van der Waals surface area contributed by atoms with Gasteiger partial charge in [0.25, 0.3) is 5.91 Å². The molecule has 0 heterocycles. The molecule has 0 spiro atoms. The lowest BCUT2D eigenvalue weighted by atomic mass is 10.1. The molecule has 0 saturated carbocycles. The highest BCUT2D eigenvalue weighted by atomic mass is 32.1. The zero-order valence-corrected chi connectivity index (χ0v) is 8.31. The largest absolute Gasteiger partial charge is 0.285 e. The van der Waals surface area contributed by atoms with E-state index in [9.17, 15) is 4.79 Å². The summed E-state index contributed by atoms with van der Waals surface area (Å²) in [5.74, 6) is -0.332. The Hall–Kier alpha value is -1.31. The predicted octanol–water partition coefficient (Wildman–Crippen LogP) is 2.55. The highest BCUT2D eigenvalue weighted by Gasteiger charge is 2.03. The van der Waals surface area contributed by atoms with Crippen molar-refractivity contribution in [1.82, 2.24) is 0 Å². The number of thiocarbonyl (C=S) groups is 1. The average Bonchev–Trinajstić information content (AvgIpc) is 2.03. The first-order valence-corrected chi connectivity index (χ1v) is 4.25. The number of nitrogens with zero attached hydrogens (tertiary/aromatic N) is 1. The summed E-state index contributed by atoms with van der Waals surface area (Å²) in [6, 6.07) is 5.56. The smallest absolute Gasteiger partial charge is 0.266 e. The van der Waals surface area contributed by atoms with Crippen LogP contribution in [0.3, 0.4) is 0 Å². The van der Waals surface area contributed by atoms with Gasteiger partial charge < -0.3 is 0 Å². The van der Waals surface area contributed by atoms with Gasteiger partial charge in [-0.25, -0.2) is 0 Å². The van der Waals surface area contributed by atoms with Gasteiger partial charge in [-0.15, -0.1) is 0 Å². The van der Waals surface area contributed by atoms with Crippen LogP contribution in [0, 0.1) is 13.8 Å². The Bertz CT molecular complexity index is 372. The molecule has 0 aliphatic carbocycles. The molecule has 13 heavy (non-hydrogen) atoms. The number of amides is 1. The van der Waals surface area contributed by atoms with Crippen LogP contribution >= 0.6 is 12.2 Å². The molecule has 0 bridgehead atoms. The summed E-state index contributed by atoms with van der Waals surface area (Å²) in [4.78, 5) is 14.7. The molecule has 0 aliphatic heterocycles. The number of carbonyl (C=O) groups excluding carboxylic acids is 1. The van der Waals surface area contributed by atoms with Crippen LogP contribution < -0.4 is 0 Å². The van der Waals surface area contributed by atoms with E-state index >= 15 is 0 Å². The van der Waals surface area contributed by atoms with Crippen molar-refractivity contribution in [2.45, 2.75) is 13.8 Å². The molecule has 0 radical (unpaired) electrons. The normalized spacial score (nSPS) is 9.08. The van der Waals surface area contributed by atoms with E-state index in [0.717, 1.165) is 11.1 Å². The van der Waals surface area contributed by atoms with Gasteiger partial charge in [-0.3, -0.25) is 4.79 Å². The van der Waals surface area contributed by atoms with Crippen LogP contribution in [0.2, 0.25) is 0 Å². The Morgan fingerprint density at radius 3 is 2.31 bits per heavy atom. The molecular formula is C10H9NOS. The number of aryl methyl sites for hydroxylation is 2. The SMILES string of the molecule is Cc1cc(C)cc(C(=O)N=C=S)c1. The maximum Gasteiger partial charge on any atom is 0.285 e. The predicted molar refractivity (Wildman–Crippen MR) is 55.3 cm³/mol. The van der Waals surface area contributed by atoms with Crippen molar-refractivity contribution in [2.75, 3.05) is 0 Å². The van der Waals surface area contributed by atoms with Crippen molar-refractivity contribution in [3.8, 4) is 0 Å². The van der Waals surface area contributed by atoms with E-state index in [2.05, 4.69) is 22.4 Å². The van der Waals surface area contributed by atoms with Gasteiger partial charge in [0.1, 0.15) is 0 Å². The first kappa shape index (κ1) is 9.78. The molecule has 1 rings (SSSR count). The van der Waals surface area contributed by atoms with Gasteiger partial charge in [0.15, 0.2) is 0 Å². The first-order chi connectivity index (χ1) is 6.13. The number of rotatable bonds is 1. The molecule has 2 nitrogen and oxygen atoms in total. The molecule has 0 aliphatic rings. The summed E-state index contributed by atoms with van der Waals surface area (Å²) < 4.78 is 0. The standard InChI is InChI=1S/C10H9NOS/c1-7-3-8(2)5-9(4-7)10(12)11-6-13/h3-5H,1-2H3. The number of isothiocyanates is 1. The second-order valence-electron chi connectivity index (χ2n) is 2.88. The summed E-state index contributed by atoms with van der Waals surface area (Å²) in [6.07, 6.45) is 0. The molecule has 1 amide bonds. The fourth-order valence-electron chi connectivity index (χ4n) is 1.20. The molecule has 0 saturated heterocycles. The van der Waals surface area contributed by atoms with Crippen molar-refractivity contribution in [3.05, 3.63) is 34.9 Å². The summed E-state index contributed by atoms with van der Waals surface area (Å²) in [5, 5.41) is 2.06. The molecule has 1 aromatic carbocycles. The summed E-state index contributed by atoms with van der Waals surface area (Å²) in [7, 11) is 0. The number of aliphatic imine (C=N–C) groups is 1. The van der Waals surface area contributed by atoms with Gasteiger partial charge in [0.05, 0.1) is 5.16 Å². The van der Waals surface area contributed by atoms with E-state index in [0.29, 0.717) is 5.56 Å². The third kappa shape index (κ3) is 2.58. The van der Waals surface area contributed by atoms with E-state index in [1.807, 2.05) is 19.9 Å².